The van der Waals surface area contributed by atoms with Crippen LogP contribution in [0.25, 0.3) is 0 Å². The van der Waals surface area contributed by atoms with Crippen molar-refractivity contribution in [3.63, 3.8) is 0 Å². The van der Waals surface area contributed by atoms with Crippen LogP contribution in [0.1, 0.15) is 42.9 Å². The predicted molar refractivity (Wildman–Crippen MR) is 109 cm³/mol. The van der Waals surface area contributed by atoms with E-state index < -0.39 is 0 Å². The zero-order valence-corrected chi connectivity index (χ0v) is 16.1. The fourth-order valence-electron chi connectivity index (χ4n) is 2.71. The zero-order valence-electron chi connectivity index (χ0n) is 15.3. The van der Waals surface area contributed by atoms with E-state index in [-0.39, 0.29) is 24.4 Å². The first-order chi connectivity index (χ1) is 12.2. The molecular formula is C21H29ClN2O2. The molecule has 1 atom stereocenters. The first-order valence-corrected chi connectivity index (χ1v) is 8.89. The molecule has 2 aromatic carbocycles. The van der Waals surface area contributed by atoms with Gasteiger partial charge in [0.2, 0.25) is 5.91 Å². The summed E-state index contributed by atoms with van der Waals surface area (Å²) in [4.78, 5) is 11.9. The number of amides is 1. The molecule has 142 valence electrons. The molecule has 26 heavy (non-hydrogen) atoms. The summed E-state index contributed by atoms with van der Waals surface area (Å²) in [5.41, 5.74) is 8.43. The Kier molecular flexibility index (Phi) is 10.4. The van der Waals surface area contributed by atoms with E-state index in [4.69, 9.17) is 10.5 Å². The van der Waals surface area contributed by atoms with Crippen LogP contribution in [0, 0.1) is 0 Å². The Labute approximate surface area is 162 Å². The molecule has 0 aliphatic heterocycles. The molecule has 0 aromatic heterocycles. The average Bonchev–Trinajstić information content (AvgIpc) is 2.67. The number of nitrogens with one attached hydrogen (secondary N) is 1. The highest BCUT2D eigenvalue weighted by Gasteiger charge is 2.07. The molecule has 0 radical (unpaired) electrons. The molecule has 0 aliphatic carbocycles. The van der Waals surface area contributed by atoms with Gasteiger partial charge >= 0.3 is 0 Å². The highest BCUT2D eigenvalue weighted by molar-refractivity contribution is 5.85. The lowest BCUT2D eigenvalue weighted by Crippen LogP contribution is -2.31. The molecule has 3 N–H and O–H groups in total. The number of hydrogen-bond donors (Lipinski definition) is 2. The summed E-state index contributed by atoms with van der Waals surface area (Å²) in [7, 11) is 1.67. The topological polar surface area (TPSA) is 64.3 Å². The van der Waals surface area contributed by atoms with Gasteiger partial charge in [0.05, 0.1) is 7.11 Å². The average molecular weight is 377 g/mol. The van der Waals surface area contributed by atoms with Crippen molar-refractivity contribution in [3.05, 3.63) is 65.7 Å². The molecule has 0 spiro atoms. The van der Waals surface area contributed by atoms with Gasteiger partial charge in [-0.15, -0.1) is 12.4 Å². The van der Waals surface area contributed by atoms with Gasteiger partial charge in [-0.1, -0.05) is 48.9 Å². The van der Waals surface area contributed by atoms with Crippen molar-refractivity contribution in [3.8, 4) is 5.75 Å². The van der Waals surface area contributed by atoms with E-state index in [1.807, 2.05) is 42.5 Å². The van der Waals surface area contributed by atoms with Crippen LogP contribution in [0.5, 0.6) is 5.75 Å². The summed E-state index contributed by atoms with van der Waals surface area (Å²) < 4.78 is 5.15. The largest absolute Gasteiger partial charge is 0.497 e. The second kappa shape index (κ2) is 12.3. The van der Waals surface area contributed by atoms with Gasteiger partial charge < -0.3 is 15.8 Å². The maximum absolute atomic E-state index is 11.9. The molecular weight excluding hydrogens is 348 g/mol. The van der Waals surface area contributed by atoms with Gasteiger partial charge in [-0.2, -0.15) is 0 Å². The van der Waals surface area contributed by atoms with Crippen LogP contribution in [0.4, 0.5) is 0 Å². The molecule has 2 rings (SSSR count). The molecule has 0 fully saturated rings. The van der Waals surface area contributed by atoms with Crippen LogP contribution in [0.2, 0.25) is 0 Å². The van der Waals surface area contributed by atoms with Gasteiger partial charge in [0.15, 0.2) is 0 Å². The third kappa shape index (κ3) is 7.89. The summed E-state index contributed by atoms with van der Waals surface area (Å²) >= 11 is 0. The van der Waals surface area contributed by atoms with Crippen molar-refractivity contribution in [1.82, 2.24) is 5.32 Å². The summed E-state index contributed by atoms with van der Waals surface area (Å²) in [6.07, 6.45) is 4.63. The number of ether oxygens (including phenoxy) is 1. The standard InChI is InChI=1S/C21H28N2O2.ClH/c1-25-19-14-12-17(13-15-19)8-4-2-7-11-21(24)23-16-20(22)18-9-5-3-6-10-18;/h3,5-6,9-10,12-15,20H,2,4,7-8,11,16,22H2,1H3,(H,23,24);1H. The molecule has 0 aliphatic rings. The summed E-state index contributed by atoms with van der Waals surface area (Å²) in [6.45, 7) is 0.481. The van der Waals surface area contributed by atoms with E-state index in [0.29, 0.717) is 13.0 Å². The van der Waals surface area contributed by atoms with Crippen LogP contribution < -0.4 is 15.8 Å². The minimum absolute atomic E-state index is 0. The van der Waals surface area contributed by atoms with Crippen LogP contribution in [-0.4, -0.2) is 19.6 Å². The Morgan fingerprint density at radius 2 is 1.73 bits per heavy atom. The fraction of sp³-hybridized carbons (Fsp3) is 0.381. The second-order valence-electron chi connectivity index (χ2n) is 6.23. The number of hydrogen-bond acceptors (Lipinski definition) is 3. The molecule has 2 aromatic rings. The molecule has 0 bridgehead atoms. The van der Waals surface area contributed by atoms with Crippen LogP contribution >= 0.6 is 12.4 Å². The zero-order chi connectivity index (χ0) is 17.9. The van der Waals surface area contributed by atoms with Crippen molar-refractivity contribution in [2.45, 2.75) is 38.1 Å². The summed E-state index contributed by atoms with van der Waals surface area (Å²) in [5.74, 6) is 0.963. The van der Waals surface area contributed by atoms with Gasteiger partial charge in [-0.25, -0.2) is 0 Å². The van der Waals surface area contributed by atoms with E-state index in [2.05, 4.69) is 17.4 Å². The number of aryl methyl sites for hydroxylation is 1. The molecule has 0 saturated heterocycles. The van der Waals surface area contributed by atoms with E-state index in [0.717, 1.165) is 37.0 Å². The van der Waals surface area contributed by atoms with Gasteiger partial charge in [0.1, 0.15) is 5.75 Å². The maximum atomic E-state index is 11.9. The van der Waals surface area contributed by atoms with Crippen LogP contribution in [-0.2, 0) is 11.2 Å². The molecule has 1 amide bonds. The van der Waals surface area contributed by atoms with Gasteiger partial charge in [-0.05, 0) is 42.5 Å². The lowest BCUT2D eigenvalue weighted by Gasteiger charge is -2.13. The number of unbranched alkanes of at least 4 members (excludes halogenated alkanes) is 2. The van der Waals surface area contributed by atoms with Crippen LogP contribution in [0.3, 0.4) is 0 Å². The normalized spacial score (nSPS) is 11.3. The SMILES string of the molecule is COc1ccc(CCCCCC(=O)NCC(N)c2ccccc2)cc1.Cl. The minimum atomic E-state index is -0.153. The number of carbonyl (C=O) groups is 1. The number of methoxy groups -OCH3 is 1. The van der Waals surface area contributed by atoms with Gasteiger partial charge in [0.25, 0.3) is 0 Å². The number of halogens is 1. The summed E-state index contributed by atoms with van der Waals surface area (Å²) in [5, 5.41) is 2.92. The number of nitrogens with two attached hydrogens (primary N) is 1. The second-order valence-corrected chi connectivity index (χ2v) is 6.23. The number of benzene rings is 2. The Hall–Kier alpha value is -2.04. The third-order valence-corrected chi connectivity index (χ3v) is 4.28. The highest BCUT2D eigenvalue weighted by Crippen LogP contribution is 2.14. The van der Waals surface area contributed by atoms with Crippen molar-refractivity contribution in [2.75, 3.05) is 13.7 Å². The van der Waals surface area contributed by atoms with Gasteiger partial charge in [-0.3, -0.25) is 4.79 Å². The van der Waals surface area contributed by atoms with Crippen molar-refractivity contribution >= 4 is 18.3 Å². The molecule has 0 saturated carbocycles. The Morgan fingerprint density at radius 1 is 1.04 bits per heavy atom. The molecule has 0 heterocycles. The quantitative estimate of drug-likeness (QED) is 0.615. The van der Waals surface area contributed by atoms with Crippen molar-refractivity contribution < 1.29 is 9.53 Å². The van der Waals surface area contributed by atoms with Crippen molar-refractivity contribution in [2.24, 2.45) is 5.73 Å². The molecule has 5 heteroatoms. The minimum Gasteiger partial charge on any atom is -0.497 e. The number of rotatable bonds is 10. The molecule has 4 nitrogen and oxygen atoms in total. The lowest BCUT2D eigenvalue weighted by molar-refractivity contribution is -0.121. The molecule has 1 unspecified atom stereocenters. The first-order valence-electron chi connectivity index (χ1n) is 8.89. The Balaban J connectivity index is 0.00000338. The van der Waals surface area contributed by atoms with E-state index in [9.17, 15) is 4.79 Å². The predicted octanol–water partition coefficient (Wildman–Crippen LogP) is 4.04. The third-order valence-electron chi connectivity index (χ3n) is 4.28. The maximum Gasteiger partial charge on any atom is 0.220 e. The van der Waals surface area contributed by atoms with E-state index >= 15 is 0 Å². The van der Waals surface area contributed by atoms with Crippen LogP contribution in [0.15, 0.2) is 54.6 Å². The smallest absolute Gasteiger partial charge is 0.220 e. The highest BCUT2D eigenvalue weighted by atomic mass is 35.5. The fourth-order valence-corrected chi connectivity index (χ4v) is 2.71. The van der Waals surface area contributed by atoms with Gasteiger partial charge in [0, 0.05) is 19.0 Å². The monoisotopic (exact) mass is 376 g/mol. The first kappa shape index (κ1) is 22.0. The summed E-state index contributed by atoms with van der Waals surface area (Å²) in [6, 6.07) is 17.8. The van der Waals surface area contributed by atoms with E-state index in [1.165, 1.54) is 5.56 Å². The van der Waals surface area contributed by atoms with E-state index in [1.54, 1.807) is 7.11 Å². The number of carbonyl (C=O) groups excluding carboxylic acids is 1. The Bertz CT molecular complexity index is 632. The lowest BCUT2D eigenvalue weighted by atomic mass is 10.1. The Morgan fingerprint density at radius 3 is 2.38 bits per heavy atom. The van der Waals surface area contributed by atoms with Crippen molar-refractivity contribution in [1.29, 1.82) is 0 Å².